The van der Waals surface area contributed by atoms with E-state index in [0.717, 1.165) is 42.4 Å². The Balaban J connectivity index is 1.81. The summed E-state index contributed by atoms with van der Waals surface area (Å²) in [7, 11) is 0. The molecule has 1 fully saturated rings. The SMILES string of the molecule is Cc1ccc(O)c(-c2ccc(C(=O)N(CCO)C3CCCCC3)cc2)c1. The molecule has 0 aliphatic heterocycles. The summed E-state index contributed by atoms with van der Waals surface area (Å²) in [5.41, 5.74) is 3.35. The first-order valence-corrected chi connectivity index (χ1v) is 9.42. The third-order valence-electron chi connectivity index (χ3n) is 5.21. The van der Waals surface area contributed by atoms with Gasteiger partial charge < -0.3 is 15.1 Å². The van der Waals surface area contributed by atoms with Gasteiger partial charge in [-0.2, -0.15) is 0 Å². The molecule has 1 aliphatic rings. The van der Waals surface area contributed by atoms with Crippen molar-refractivity contribution < 1.29 is 15.0 Å². The lowest BCUT2D eigenvalue weighted by Gasteiger charge is -2.34. The van der Waals surface area contributed by atoms with Crippen molar-refractivity contribution >= 4 is 5.91 Å². The lowest BCUT2D eigenvalue weighted by molar-refractivity contribution is 0.0585. The maximum absolute atomic E-state index is 13.0. The van der Waals surface area contributed by atoms with Gasteiger partial charge in [-0.15, -0.1) is 0 Å². The van der Waals surface area contributed by atoms with Crippen molar-refractivity contribution in [1.82, 2.24) is 4.90 Å². The van der Waals surface area contributed by atoms with Gasteiger partial charge in [-0.1, -0.05) is 43.0 Å². The number of phenols is 1. The highest BCUT2D eigenvalue weighted by molar-refractivity contribution is 5.95. The van der Waals surface area contributed by atoms with E-state index in [4.69, 9.17) is 0 Å². The molecule has 0 heterocycles. The van der Waals surface area contributed by atoms with Crippen LogP contribution < -0.4 is 0 Å². The fraction of sp³-hybridized carbons (Fsp3) is 0.409. The van der Waals surface area contributed by atoms with E-state index in [1.54, 1.807) is 6.07 Å². The average molecular weight is 353 g/mol. The molecule has 0 saturated heterocycles. The van der Waals surface area contributed by atoms with Gasteiger partial charge in [0.2, 0.25) is 0 Å². The summed E-state index contributed by atoms with van der Waals surface area (Å²) in [4.78, 5) is 14.8. The third kappa shape index (κ3) is 4.07. The van der Waals surface area contributed by atoms with E-state index in [-0.39, 0.29) is 24.3 Å². The van der Waals surface area contributed by atoms with Crippen LogP contribution in [-0.2, 0) is 0 Å². The second kappa shape index (κ2) is 8.37. The molecular formula is C22H27NO3. The molecule has 2 aromatic rings. The van der Waals surface area contributed by atoms with E-state index in [9.17, 15) is 15.0 Å². The van der Waals surface area contributed by atoms with Gasteiger partial charge >= 0.3 is 0 Å². The molecule has 3 rings (SSSR count). The normalized spacial score (nSPS) is 15.0. The van der Waals surface area contributed by atoms with Crippen LogP contribution in [0.1, 0.15) is 48.0 Å². The van der Waals surface area contributed by atoms with Crippen molar-refractivity contribution in [2.24, 2.45) is 0 Å². The summed E-state index contributed by atoms with van der Waals surface area (Å²) in [6.45, 7) is 2.35. The van der Waals surface area contributed by atoms with Crippen molar-refractivity contribution in [2.75, 3.05) is 13.2 Å². The van der Waals surface area contributed by atoms with Crippen LogP contribution in [0, 0.1) is 6.92 Å². The highest BCUT2D eigenvalue weighted by Crippen LogP contribution is 2.30. The summed E-state index contributed by atoms with van der Waals surface area (Å²) in [5.74, 6) is 0.213. The molecular weight excluding hydrogens is 326 g/mol. The van der Waals surface area contributed by atoms with Crippen LogP contribution in [0.25, 0.3) is 11.1 Å². The summed E-state index contributed by atoms with van der Waals surface area (Å²) in [6.07, 6.45) is 5.55. The fourth-order valence-electron chi connectivity index (χ4n) is 3.79. The van der Waals surface area contributed by atoms with Gasteiger partial charge in [0.1, 0.15) is 5.75 Å². The quantitative estimate of drug-likeness (QED) is 0.849. The predicted molar refractivity (Wildman–Crippen MR) is 103 cm³/mol. The molecule has 26 heavy (non-hydrogen) atoms. The Bertz CT molecular complexity index is 748. The van der Waals surface area contributed by atoms with Gasteiger partial charge in [0.15, 0.2) is 0 Å². The molecule has 0 spiro atoms. The van der Waals surface area contributed by atoms with Crippen molar-refractivity contribution in [3.8, 4) is 16.9 Å². The minimum absolute atomic E-state index is 0.0164. The zero-order valence-corrected chi connectivity index (χ0v) is 15.3. The van der Waals surface area contributed by atoms with Crippen LogP contribution in [0.15, 0.2) is 42.5 Å². The lowest BCUT2D eigenvalue weighted by atomic mass is 9.93. The Morgan fingerprint density at radius 1 is 1.08 bits per heavy atom. The smallest absolute Gasteiger partial charge is 0.254 e. The Kier molecular flexibility index (Phi) is 5.94. The number of aryl methyl sites for hydroxylation is 1. The summed E-state index contributed by atoms with van der Waals surface area (Å²) in [6, 6.07) is 13.1. The summed E-state index contributed by atoms with van der Waals surface area (Å²) in [5, 5.41) is 19.5. The number of hydrogen-bond donors (Lipinski definition) is 2. The molecule has 0 radical (unpaired) electrons. The molecule has 138 valence electrons. The third-order valence-corrected chi connectivity index (χ3v) is 5.21. The van der Waals surface area contributed by atoms with Gasteiger partial charge in [0.25, 0.3) is 5.91 Å². The van der Waals surface area contributed by atoms with E-state index < -0.39 is 0 Å². The fourth-order valence-corrected chi connectivity index (χ4v) is 3.79. The maximum atomic E-state index is 13.0. The Morgan fingerprint density at radius 3 is 2.42 bits per heavy atom. The zero-order valence-electron chi connectivity index (χ0n) is 15.3. The Hall–Kier alpha value is -2.33. The van der Waals surface area contributed by atoms with Gasteiger partial charge in [-0.25, -0.2) is 0 Å². The van der Waals surface area contributed by atoms with Gasteiger partial charge in [-0.3, -0.25) is 4.79 Å². The van der Waals surface area contributed by atoms with Crippen LogP contribution >= 0.6 is 0 Å². The number of aliphatic hydroxyl groups excluding tert-OH is 1. The molecule has 2 aromatic carbocycles. The van der Waals surface area contributed by atoms with E-state index >= 15 is 0 Å². The maximum Gasteiger partial charge on any atom is 0.254 e. The highest BCUT2D eigenvalue weighted by Gasteiger charge is 2.25. The number of aromatic hydroxyl groups is 1. The predicted octanol–water partition coefficient (Wildman–Crippen LogP) is 4.13. The molecule has 1 saturated carbocycles. The van der Waals surface area contributed by atoms with Crippen molar-refractivity contribution in [3.05, 3.63) is 53.6 Å². The number of benzene rings is 2. The first-order chi connectivity index (χ1) is 12.6. The second-order valence-electron chi connectivity index (χ2n) is 7.11. The molecule has 0 unspecified atom stereocenters. The molecule has 4 nitrogen and oxygen atoms in total. The van der Waals surface area contributed by atoms with E-state index in [2.05, 4.69) is 0 Å². The zero-order chi connectivity index (χ0) is 18.5. The highest BCUT2D eigenvalue weighted by atomic mass is 16.3. The van der Waals surface area contributed by atoms with Gasteiger partial charge in [0, 0.05) is 23.7 Å². The molecule has 0 aromatic heterocycles. The van der Waals surface area contributed by atoms with E-state index in [1.165, 1.54) is 6.42 Å². The minimum Gasteiger partial charge on any atom is -0.507 e. The van der Waals surface area contributed by atoms with Crippen molar-refractivity contribution in [1.29, 1.82) is 0 Å². The van der Waals surface area contributed by atoms with Crippen LogP contribution in [0.2, 0.25) is 0 Å². The number of phenolic OH excluding ortho intramolecular Hbond substituents is 1. The van der Waals surface area contributed by atoms with Gasteiger partial charge in [-0.05, 0) is 49.6 Å². The van der Waals surface area contributed by atoms with E-state index in [1.807, 2.05) is 48.2 Å². The number of carbonyl (C=O) groups is 1. The topological polar surface area (TPSA) is 60.8 Å². The van der Waals surface area contributed by atoms with Crippen molar-refractivity contribution in [3.63, 3.8) is 0 Å². The number of rotatable bonds is 5. The number of carbonyl (C=O) groups excluding carboxylic acids is 1. The van der Waals surface area contributed by atoms with Gasteiger partial charge in [0.05, 0.1) is 6.61 Å². The first-order valence-electron chi connectivity index (χ1n) is 9.42. The molecule has 0 atom stereocenters. The number of hydrogen-bond acceptors (Lipinski definition) is 3. The standard InChI is InChI=1S/C22H27NO3/c1-16-7-12-21(25)20(15-16)17-8-10-18(11-9-17)22(26)23(13-14-24)19-5-3-2-4-6-19/h7-12,15,19,24-25H,2-6,13-14H2,1H3. The average Bonchev–Trinajstić information content (AvgIpc) is 2.68. The number of amides is 1. The largest absolute Gasteiger partial charge is 0.507 e. The molecule has 1 amide bonds. The monoisotopic (exact) mass is 353 g/mol. The number of aliphatic hydroxyl groups is 1. The number of nitrogens with zero attached hydrogens (tertiary/aromatic N) is 1. The summed E-state index contributed by atoms with van der Waals surface area (Å²) < 4.78 is 0. The van der Waals surface area contributed by atoms with Crippen LogP contribution in [-0.4, -0.2) is 40.2 Å². The van der Waals surface area contributed by atoms with Crippen molar-refractivity contribution in [2.45, 2.75) is 45.1 Å². The van der Waals surface area contributed by atoms with Crippen LogP contribution in [0.5, 0.6) is 5.75 Å². The first kappa shape index (κ1) is 18.5. The molecule has 0 bridgehead atoms. The second-order valence-corrected chi connectivity index (χ2v) is 7.11. The summed E-state index contributed by atoms with van der Waals surface area (Å²) >= 11 is 0. The molecule has 2 N–H and O–H groups in total. The van der Waals surface area contributed by atoms with E-state index in [0.29, 0.717) is 12.1 Å². The Labute approximate surface area is 155 Å². The Morgan fingerprint density at radius 2 is 1.77 bits per heavy atom. The minimum atomic E-state index is -0.0223. The lowest BCUT2D eigenvalue weighted by Crippen LogP contribution is -2.43. The van der Waals surface area contributed by atoms with Crippen LogP contribution in [0.4, 0.5) is 0 Å². The molecule has 4 heteroatoms. The molecule has 1 aliphatic carbocycles. The van der Waals surface area contributed by atoms with Crippen LogP contribution in [0.3, 0.4) is 0 Å².